The lowest BCUT2D eigenvalue weighted by molar-refractivity contribution is -0.116. The number of carbonyl (C=O) groups excluding carboxylic acids is 1. The predicted octanol–water partition coefficient (Wildman–Crippen LogP) is 3.83. The molecule has 1 aromatic heterocycles. The highest BCUT2D eigenvalue weighted by Crippen LogP contribution is 2.19. The standard InChI is InChI=1S/C17H20N2O/c1-12-7-13(2)9-16(8-12)19-17(20)10-14(3)15-5-4-6-18-11-15/h4-9,11,14H,10H2,1-3H3,(H,19,20). The summed E-state index contributed by atoms with van der Waals surface area (Å²) in [6.45, 7) is 6.10. The fourth-order valence-electron chi connectivity index (χ4n) is 2.32. The van der Waals surface area contributed by atoms with Crippen LogP contribution in [0.5, 0.6) is 0 Å². The monoisotopic (exact) mass is 268 g/mol. The van der Waals surface area contributed by atoms with E-state index in [1.54, 1.807) is 6.20 Å². The highest BCUT2D eigenvalue weighted by atomic mass is 16.1. The minimum Gasteiger partial charge on any atom is -0.326 e. The van der Waals surface area contributed by atoms with E-state index in [9.17, 15) is 4.79 Å². The van der Waals surface area contributed by atoms with E-state index in [1.165, 1.54) is 0 Å². The number of rotatable bonds is 4. The van der Waals surface area contributed by atoms with Gasteiger partial charge in [-0.25, -0.2) is 0 Å². The Labute approximate surface area is 120 Å². The first-order valence-electron chi connectivity index (χ1n) is 6.82. The van der Waals surface area contributed by atoms with Gasteiger partial charge in [0.2, 0.25) is 5.91 Å². The minimum atomic E-state index is 0.0337. The minimum absolute atomic E-state index is 0.0337. The van der Waals surface area contributed by atoms with Gasteiger partial charge in [0.25, 0.3) is 0 Å². The van der Waals surface area contributed by atoms with E-state index in [0.717, 1.165) is 22.4 Å². The van der Waals surface area contributed by atoms with Gasteiger partial charge in [-0.2, -0.15) is 0 Å². The van der Waals surface area contributed by atoms with Crippen LogP contribution in [0.15, 0.2) is 42.7 Å². The zero-order valence-corrected chi connectivity index (χ0v) is 12.2. The third-order valence-electron chi connectivity index (χ3n) is 3.25. The van der Waals surface area contributed by atoms with Crippen LogP contribution < -0.4 is 5.32 Å². The second-order valence-electron chi connectivity index (χ2n) is 5.32. The molecule has 3 heteroatoms. The molecule has 1 amide bonds. The van der Waals surface area contributed by atoms with Crippen molar-refractivity contribution in [3.05, 3.63) is 59.4 Å². The van der Waals surface area contributed by atoms with Crippen LogP contribution in [-0.4, -0.2) is 10.9 Å². The first-order valence-corrected chi connectivity index (χ1v) is 6.82. The first kappa shape index (κ1) is 14.3. The second kappa shape index (κ2) is 6.33. The summed E-state index contributed by atoms with van der Waals surface area (Å²) in [6.07, 6.45) is 4.01. The average molecular weight is 268 g/mol. The number of nitrogens with zero attached hydrogens (tertiary/aromatic N) is 1. The molecule has 0 fully saturated rings. The smallest absolute Gasteiger partial charge is 0.224 e. The fraction of sp³-hybridized carbons (Fsp3) is 0.294. The summed E-state index contributed by atoms with van der Waals surface area (Å²) in [5.41, 5.74) is 4.26. The maximum atomic E-state index is 12.1. The number of hydrogen-bond acceptors (Lipinski definition) is 2. The van der Waals surface area contributed by atoms with Crippen LogP contribution in [0.2, 0.25) is 0 Å². The molecule has 0 aliphatic rings. The molecule has 1 unspecified atom stereocenters. The van der Waals surface area contributed by atoms with E-state index in [-0.39, 0.29) is 11.8 Å². The van der Waals surface area contributed by atoms with Crippen LogP contribution in [0.3, 0.4) is 0 Å². The third-order valence-corrected chi connectivity index (χ3v) is 3.25. The molecule has 1 heterocycles. The molecule has 0 spiro atoms. The number of hydrogen-bond donors (Lipinski definition) is 1. The van der Waals surface area contributed by atoms with Gasteiger partial charge in [-0.3, -0.25) is 9.78 Å². The number of aryl methyl sites for hydroxylation is 2. The lowest BCUT2D eigenvalue weighted by Crippen LogP contribution is -2.14. The van der Waals surface area contributed by atoms with Gasteiger partial charge in [-0.05, 0) is 54.7 Å². The number of aromatic nitrogens is 1. The predicted molar refractivity (Wildman–Crippen MR) is 81.8 cm³/mol. The van der Waals surface area contributed by atoms with Crippen LogP contribution in [0.25, 0.3) is 0 Å². The SMILES string of the molecule is Cc1cc(C)cc(NC(=O)CC(C)c2cccnc2)c1. The van der Waals surface area contributed by atoms with E-state index < -0.39 is 0 Å². The zero-order valence-electron chi connectivity index (χ0n) is 12.2. The molecule has 1 aromatic carbocycles. The summed E-state index contributed by atoms with van der Waals surface area (Å²) < 4.78 is 0. The highest BCUT2D eigenvalue weighted by molar-refractivity contribution is 5.91. The number of carbonyl (C=O) groups is 1. The molecule has 20 heavy (non-hydrogen) atoms. The highest BCUT2D eigenvalue weighted by Gasteiger charge is 2.11. The number of amides is 1. The summed E-state index contributed by atoms with van der Waals surface area (Å²) in [5, 5.41) is 2.96. The Bertz CT molecular complexity index is 573. The quantitative estimate of drug-likeness (QED) is 0.915. The van der Waals surface area contributed by atoms with Crippen LogP contribution in [0.1, 0.15) is 36.0 Å². The van der Waals surface area contributed by atoms with Crippen molar-refractivity contribution in [3.63, 3.8) is 0 Å². The lowest BCUT2D eigenvalue weighted by atomic mass is 9.99. The number of benzene rings is 1. The molecule has 2 rings (SSSR count). The lowest BCUT2D eigenvalue weighted by Gasteiger charge is -2.12. The molecule has 0 saturated carbocycles. The van der Waals surface area contributed by atoms with Crippen molar-refractivity contribution in [2.24, 2.45) is 0 Å². The Morgan fingerprint density at radius 1 is 1.25 bits per heavy atom. The van der Waals surface area contributed by atoms with Crippen molar-refractivity contribution in [2.75, 3.05) is 5.32 Å². The molecular weight excluding hydrogens is 248 g/mol. The molecule has 1 N–H and O–H groups in total. The zero-order chi connectivity index (χ0) is 14.5. The van der Waals surface area contributed by atoms with Crippen molar-refractivity contribution in [1.82, 2.24) is 4.98 Å². The van der Waals surface area contributed by atoms with E-state index in [1.807, 2.05) is 51.2 Å². The van der Waals surface area contributed by atoms with Crippen LogP contribution in [-0.2, 0) is 4.79 Å². The second-order valence-corrected chi connectivity index (χ2v) is 5.32. The molecule has 0 saturated heterocycles. The molecule has 0 aliphatic heterocycles. The molecule has 2 aromatic rings. The van der Waals surface area contributed by atoms with Crippen LogP contribution in [0.4, 0.5) is 5.69 Å². The molecule has 1 atom stereocenters. The largest absolute Gasteiger partial charge is 0.326 e. The number of pyridine rings is 1. The van der Waals surface area contributed by atoms with Crippen molar-refractivity contribution < 1.29 is 4.79 Å². The number of nitrogens with one attached hydrogen (secondary N) is 1. The molecule has 3 nitrogen and oxygen atoms in total. The molecule has 0 bridgehead atoms. The van der Waals surface area contributed by atoms with E-state index in [0.29, 0.717) is 6.42 Å². The van der Waals surface area contributed by atoms with Gasteiger partial charge >= 0.3 is 0 Å². The molecular formula is C17H20N2O. The van der Waals surface area contributed by atoms with Gasteiger partial charge in [0.05, 0.1) is 0 Å². The van der Waals surface area contributed by atoms with E-state index >= 15 is 0 Å². The Morgan fingerprint density at radius 2 is 1.95 bits per heavy atom. The fourth-order valence-corrected chi connectivity index (χ4v) is 2.32. The Kier molecular flexibility index (Phi) is 4.51. The topological polar surface area (TPSA) is 42.0 Å². The summed E-state index contributed by atoms with van der Waals surface area (Å²) in [5.74, 6) is 0.195. The van der Waals surface area contributed by atoms with Gasteiger partial charge < -0.3 is 5.32 Å². The van der Waals surface area contributed by atoms with Gasteiger partial charge in [-0.1, -0.05) is 19.1 Å². The first-order chi connectivity index (χ1) is 9.54. The maximum absolute atomic E-state index is 12.1. The van der Waals surface area contributed by atoms with Gasteiger partial charge in [0.1, 0.15) is 0 Å². The number of anilines is 1. The van der Waals surface area contributed by atoms with E-state index in [2.05, 4.69) is 16.4 Å². The Balaban J connectivity index is 1.99. The van der Waals surface area contributed by atoms with Crippen molar-refractivity contribution in [2.45, 2.75) is 33.1 Å². The summed E-state index contributed by atoms with van der Waals surface area (Å²) in [4.78, 5) is 16.2. The van der Waals surface area contributed by atoms with E-state index in [4.69, 9.17) is 0 Å². The van der Waals surface area contributed by atoms with Crippen molar-refractivity contribution >= 4 is 11.6 Å². The van der Waals surface area contributed by atoms with Gasteiger partial charge in [0, 0.05) is 24.5 Å². The average Bonchev–Trinajstić information content (AvgIpc) is 2.38. The Hall–Kier alpha value is -2.16. The normalized spacial score (nSPS) is 11.9. The van der Waals surface area contributed by atoms with Gasteiger partial charge in [0.15, 0.2) is 0 Å². The summed E-state index contributed by atoms with van der Waals surface area (Å²) in [7, 11) is 0. The maximum Gasteiger partial charge on any atom is 0.224 e. The van der Waals surface area contributed by atoms with Crippen molar-refractivity contribution in [1.29, 1.82) is 0 Å². The van der Waals surface area contributed by atoms with Crippen LogP contribution in [0, 0.1) is 13.8 Å². The third kappa shape index (κ3) is 3.92. The Morgan fingerprint density at radius 3 is 2.55 bits per heavy atom. The molecule has 0 aliphatic carbocycles. The molecule has 104 valence electrons. The molecule has 0 radical (unpaired) electrons. The summed E-state index contributed by atoms with van der Waals surface area (Å²) in [6, 6.07) is 9.96. The summed E-state index contributed by atoms with van der Waals surface area (Å²) >= 11 is 0. The van der Waals surface area contributed by atoms with Crippen molar-refractivity contribution in [3.8, 4) is 0 Å². The van der Waals surface area contributed by atoms with Gasteiger partial charge in [-0.15, -0.1) is 0 Å². The van der Waals surface area contributed by atoms with Crippen LogP contribution >= 0.6 is 0 Å².